The lowest BCUT2D eigenvalue weighted by Gasteiger charge is -1.99. The van der Waals surface area contributed by atoms with Gasteiger partial charge in [-0.1, -0.05) is 37.0 Å². The maximum absolute atomic E-state index is 2.50. The van der Waals surface area contributed by atoms with Gasteiger partial charge in [0.05, 0.1) is 0 Å². The van der Waals surface area contributed by atoms with Crippen LogP contribution in [0.3, 0.4) is 0 Å². The Labute approximate surface area is 79.3 Å². The van der Waals surface area contributed by atoms with Crippen LogP contribution < -0.4 is 0 Å². The summed E-state index contributed by atoms with van der Waals surface area (Å²) in [6.07, 6.45) is 8.92. The highest BCUT2D eigenvalue weighted by atomic mass is 32.2. The van der Waals surface area contributed by atoms with E-state index in [1.807, 2.05) is 11.8 Å². The molecule has 0 spiro atoms. The minimum Gasteiger partial charge on any atom is -0.114 e. The van der Waals surface area contributed by atoms with Crippen molar-refractivity contribution in [3.63, 3.8) is 0 Å². The predicted molar refractivity (Wildman–Crippen MR) is 60.2 cm³/mol. The van der Waals surface area contributed by atoms with Gasteiger partial charge in [0.1, 0.15) is 0 Å². The second-order valence-corrected chi connectivity index (χ2v) is 7.05. The van der Waals surface area contributed by atoms with Crippen molar-refractivity contribution < 1.29 is 0 Å². The van der Waals surface area contributed by atoms with Crippen molar-refractivity contribution >= 4 is 25.8 Å². The molecule has 0 bridgehead atoms. The van der Waals surface area contributed by atoms with Crippen LogP contribution in [0.2, 0.25) is 13.1 Å². The number of allylic oxidation sites excluding steroid dienone is 4. The molecule has 12 heavy (non-hydrogen) atoms. The molecular weight excluding hydrogens is 180 g/mol. The first-order valence-corrected chi connectivity index (χ1v) is 7.63. The van der Waals surface area contributed by atoms with Crippen molar-refractivity contribution in [1.29, 1.82) is 0 Å². The van der Waals surface area contributed by atoms with Gasteiger partial charge in [-0.3, -0.25) is 0 Å². The van der Waals surface area contributed by atoms with Crippen molar-refractivity contribution in [1.82, 2.24) is 0 Å². The van der Waals surface area contributed by atoms with Crippen molar-refractivity contribution in [2.75, 3.05) is 0 Å². The van der Waals surface area contributed by atoms with E-state index in [1.54, 1.807) is 0 Å². The minimum absolute atomic E-state index is 0.190. The third-order valence-electron chi connectivity index (χ3n) is 1.91. The molecule has 0 radical (unpaired) electrons. The topological polar surface area (TPSA) is 0 Å². The quantitative estimate of drug-likeness (QED) is 0.576. The smallest absolute Gasteiger partial charge is 0.0425 e. The molecule has 0 aromatic rings. The van der Waals surface area contributed by atoms with Crippen molar-refractivity contribution in [3.05, 3.63) is 34.8 Å². The SMILES string of the molecule is C[Si](C)=CC1C=C2C=CC=C2S1. The molecule has 1 heterocycles. The fraction of sp³-hybridized carbons (Fsp3) is 0.300. The lowest BCUT2D eigenvalue weighted by atomic mass is 10.2. The lowest BCUT2D eigenvalue weighted by Crippen LogP contribution is -2.04. The van der Waals surface area contributed by atoms with Gasteiger partial charge in [-0.2, -0.15) is 0 Å². The second kappa shape index (κ2) is 3.19. The molecule has 2 aliphatic rings. The Morgan fingerprint density at radius 3 is 3.00 bits per heavy atom. The van der Waals surface area contributed by atoms with Gasteiger partial charge in [0.15, 0.2) is 0 Å². The van der Waals surface area contributed by atoms with Crippen LogP contribution in [0.25, 0.3) is 0 Å². The number of fused-ring (bicyclic) bond motifs is 1. The Morgan fingerprint density at radius 2 is 2.33 bits per heavy atom. The maximum Gasteiger partial charge on any atom is 0.0425 e. The highest BCUT2D eigenvalue weighted by molar-refractivity contribution is 8.05. The van der Waals surface area contributed by atoms with Gasteiger partial charge in [0.25, 0.3) is 0 Å². The maximum atomic E-state index is 2.50. The highest BCUT2D eigenvalue weighted by Gasteiger charge is 2.19. The summed E-state index contributed by atoms with van der Waals surface area (Å²) in [6, 6.07) is 0. The fourth-order valence-corrected chi connectivity index (χ4v) is 4.21. The Kier molecular flexibility index (Phi) is 2.20. The summed E-state index contributed by atoms with van der Waals surface area (Å²) in [6.45, 7) is 4.67. The van der Waals surface area contributed by atoms with Gasteiger partial charge < -0.3 is 0 Å². The Morgan fingerprint density at radius 1 is 1.50 bits per heavy atom. The molecule has 0 fully saturated rings. The van der Waals surface area contributed by atoms with Gasteiger partial charge in [-0.05, 0) is 11.6 Å². The Balaban J connectivity index is 2.18. The van der Waals surface area contributed by atoms with E-state index in [9.17, 15) is 0 Å². The second-order valence-electron chi connectivity index (χ2n) is 3.34. The summed E-state index contributed by atoms with van der Waals surface area (Å²) in [5.41, 5.74) is 3.93. The molecular formula is C10H12SSi. The zero-order valence-electron chi connectivity index (χ0n) is 7.37. The molecule has 0 amide bonds. The van der Waals surface area contributed by atoms with Crippen molar-refractivity contribution in [3.8, 4) is 0 Å². The molecule has 0 nitrogen and oxygen atoms in total. The molecule has 1 unspecified atom stereocenters. The third kappa shape index (κ3) is 1.54. The number of hydrogen-bond donors (Lipinski definition) is 0. The average molecular weight is 192 g/mol. The van der Waals surface area contributed by atoms with E-state index in [0.717, 1.165) is 0 Å². The molecule has 1 aliphatic carbocycles. The summed E-state index contributed by atoms with van der Waals surface area (Å²) >= 11 is 1.99. The van der Waals surface area contributed by atoms with E-state index in [0.29, 0.717) is 5.25 Å². The molecule has 2 rings (SSSR count). The number of rotatable bonds is 1. The van der Waals surface area contributed by atoms with Gasteiger partial charge >= 0.3 is 0 Å². The number of hydrogen-bond acceptors (Lipinski definition) is 1. The monoisotopic (exact) mass is 192 g/mol. The molecule has 0 saturated carbocycles. The molecule has 0 aromatic carbocycles. The first-order valence-electron chi connectivity index (χ1n) is 4.18. The van der Waals surface area contributed by atoms with Crippen LogP contribution in [-0.4, -0.2) is 19.3 Å². The Bertz CT molecular complexity index is 317. The van der Waals surface area contributed by atoms with E-state index in [1.165, 1.54) is 10.5 Å². The largest absolute Gasteiger partial charge is 0.114 e. The van der Waals surface area contributed by atoms with Crippen LogP contribution in [0.5, 0.6) is 0 Å². The standard InChI is InChI=1S/C10H12SSi/c1-12(2)7-9-6-8-4-3-5-10(8)11-9/h3-7,9H,1-2H3. The lowest BCUT2D eigenvalue weighted by molar-refractivity contribution is 1.58. The number of thioether (sulfide) groups is 1. The molecule has 2 heteroatoms. The summed E-state index contributed by atoms with van der Waals surface area (Å²) in [4.78, 5) is 1.46. The van der Waals surface area contributed by atoms with Crippen LogP contribution in [0.4, 0.5) is 0 Å². The fourth-order valence-electron chi connectivity index (χ4n) is 1.43. The van der Waals surface area contributed by atoms with Crippen LogP contribution in [0.15, 0.2) is 34.8 Å². The Hall–Kier alpha value is -0.343. The van der Waals surface area contributed by atoms with Crippen LogP contribution >= 0.6 is 11.8 Å². The first kappa shape index (κ1) is 8.26. The zero-order chi connectivity index (χ0) is 8.55. The first-order chi connectivity index (χ1) is 5.75. The van der Waals surface area contributed by atoms with Gasteiger partial charge in [-0.25, -0.2) is 0 Å². The van der Waals surface area contributed by atoms with E-state index in [4.69, 9.17) is 0 Å². The minimum atomic E-state index is -0.190. The van der Waals surface area contributed by atoms with Gasteiger partial charge in [0, 0.05) is 18.6 Å². The van der Waals surface area contributed by atoms with E-state index >= 15 is 0 Å². The van der Waals surface area contributed by atoms with Crippen molar-refractivity contribution in [2.24, 2.45) is 0 Å². The molecule has 0 saturated heterocycles. The average Bonchev–Trinajstić information content (AvgIpc) is 2.43. The molecule has 1 atom stereocenters. The summed E-state index contributed by atoms with van der Waals surface area (Å²) < 4.78 is 0. The van der Waals surface area contributed by atoms with Crippen molar-refractivity contribution in [2.45, 2.75) is 18.3 Å². The summed E-state index contributed by atoms with van der Waals surface area (Å²) in [7, 11) is -0.190. The van der Waals surface area contributed by atoms with Crippen LogP contribution in [-0.2, 0) is 0 Å². The molecule has 0 aromatic heterocycles. The molecule has 0 N–H and O–H groups in total. The summed E-state index contributed by atoms with van der Waals surface area (Å²) in [5.74, 6) is 0. The molecule has 62 valence electrons. The predicted octanol–water partition coefficient (Wildman–Crippen LogP) is 2.62. The highest BCUT2D eigenvalue weighted by Crippen LogP contribution is 2.39. The van der Waals surface area contributed by atoms with Gasteiger partial charge in [0.2, 0.25) is 0 Å². The third-order valence-corrected chi connectivity index (χ3v) is 4.35. The zero-order valence-corrected chi connectivity index (χ0v) is 9.19. The molecule has 1 aliphatic heterocycles. The van der Waals surface area contributed by atoms with Gasteiger partial charge in [-0.15, -0.1) is 11.8 Å². The van der Waals surface area contributed by atoms with Crippen LogP contribution in [0, 0.1) is 0 Å². The summed E-state index contributed by atoms with van der Waals surface area (Å²) in [5, 5.41) is 0.653. The van der Waals surface area contributed by atoms with E-state index < -0.39 is 0 Å². The van der Waals surface area contributed by atoms with E-state index in [-0.39, 0.29) is 8.41 Å². The van der Waals surface area contributed by atoms with Crippen LogP contribution in [0.1, 0.15) is 0 Å². The van der Waals surface area contributed by atoms with E-state index in [2.05, 4.69) is 43.1 Å². The normalized spacial score (nSPS) is 25.0.